The van der Waals surface area contributed by atoms with Crippen molar-refractivity contribution in [3.8, 4) is 22.9 Å². The molecule has 0 unspecified atom stereocenters. The fourth-order valence-corrected chi connectivity index (χ4v) is 5.57. The predicted molar refractivity (Wildman–Crippen MR) is 123 cm³/mol. The Labute approximate surface area is 200 Å². The first-order valence-electron chi connectivity index (χ1n) is 10.6. The van der Waals surface area contributed by atoms with E-state index in [1.54, 1.807) is 24.3 Å². The summed E-state index contributed by atoms with van der Waals surface area (Å²) >= 11 is 1.28. The fourth-order valence-electron chi connectivity index (χ4n) is 3.40. The van der Waals surface area contributed by atoms with E-state index in [9.17, 15) is 8.42 Å². The molecule has 34 heavy (non-hydrogen) atoms. The Morgan fingerprint density at radius 3 is 2.38 bits per heavy atom. The van der Waals surface area contributed by atoms with Crippen LogP contribution in [0, 0.1) is 0 Å². The van der Waals surface area contributed by atoms with Gasteiger partial charge in [-0.15, -0.1) is 20.4 Å². The van der Waals surface area contributed by atoms with Crippen molar-refractivity contribution in [2.45, 2.75) is 22.3 Å². The second-order valence-corrected chi connectivity index (χ2v) is 10.7. The van der Waals surface area contributed by atoms with Crippen molar-refractivity contribution in [2.75, 3.05) is 26.3 Å². The quantitative estimate of drug-likeness (QED) is 0.348. The highest BCUT2D eigenvalue weighted by Crippen LogP contribution is 2.35. The molecule has 12 heteroatoms. The summed E-state index contributed by atoms with van der Waals surface area (Å²) in [6, 6.07) is 16.0. The summed E-state index contributed by atoms with van der Waals surface area (Å²) in [5.74, 6) is 1.10. The standard InChI is InChI=1S/C22H21N5O5S2/c1-15(19-23-24-20(31-19)16-6-3-2-4-7-16)33-22-26-25-21(32-22)17-8-5-9-18(14-17)34(28,29)27-10-12-30-13-11-27/h2-9,14-15H,10-13H2,1H3/t15-/m0/s1. The summed E-state index contributed by atoms with van der Waals surface area (Å²) in [7, 11) is -3.63. The van der Waals surface area contributed by atoms with Crippen LogP contribution in [0.25, 0.3) is 22.9 Å². The van der Waals surface area contributed by atoms with Crippen LogP contribution in [0.4, 0.5) is 0 Å². The third kappa shape index (κ3) is 4.75. The SMILES string of the molecule is C[C@H](Sc1nnc(-c2cccc(S(=O)(=O)N3CCOCC3)c2)o1)c1nnc(-c2ccccc2)o1. The number of hydrogen-bond acceptors (Lipinski definition) is 10. The number of hydrogen-bond donors (Lipinski definition) is 0. The maximum atomic E-state index is 13.0. The molecule has 4 aromatic rings. The zero-order valence-corrected chi connectivity index (χ0v) is 19.8. The fraction of sp³-hybridized carbons (Fsp3) is 0.273. The Morgan fingerprint density at radius 2 is 1.59 bits per heavy atom. The summed E-state index contributed by atoms with van der Waals surface area (Å²) < 4.78 is 44.2. The van der Waals surface area contributed by atoms with Gasteiger partial charge in [0.25, 0.3) is 5.22 Å². The molecule has 0 N–H and O–H groups in total. The molecule has 3 heterocycles. The van der Waals surface area contributed by atoms with E-state index in [0.717, 1.165) is 5.56 Å². The second-order valence-electron chi connectivity index (χ2n) is 7.49. The van der Waals surface area contributed by atoms with E-state index in [4.69, 9.17) is 13.6 Å². The molecule has 0 radical (unpaired) electrons. The van der Waals surface area contributed by atoms with Gasteiger partial charge in [-0.3, -0.25) is 0 Å². The van der Waals surface area contributed by atoms with Crippen LogP contribution in [0.2, 0.25) is 0 Å². The van der Waals surface area contributed by atoms with Crippen LogP contribution in [0.5, 0.6) is 0 Å². The molecule has 176 valence electrons. The van der Waals surface area contributed by atoms with Crippen molar-refractivity contribution in [3.63, 3.8) is 0 Å². The molecule has 1 saturated heterocycles. The summed E-state index contributed by atoms with van der Waals surface area (Å²) in [5, 5.41) is 16.5. The van der Waals surface area contributed by atoms with E-state index in [2.05, 4.69) is 20.4 Å². The Kier molecular flexibility index (Phi) is 6.46. The van der Waals surface area contributed by atoms with E-state index in [-0.39, 0.29) is 16.0 Å². The summed E-state index contributed by atoms with van der Waals surface area (Å²) in [4.78, 5) is 0.173. The normalized spacial score (nSPS) is 15.9. The van der Waals surface area contributed by atoms with Crippen molar-refractivity contribution in [3.05, 3.63) is 60.5 Å². The molecule has 0 aliphatic carbocycles. The van der Waals surface area contributed by atoms with Crippen LogP contribution < -0.4 is 0 Å². The largest absolute Gasteiger partial charge is 0.419 e. The number of nitrogens with zero attached hydrogens (tertiary/aromatic N) is 5. The van der Waals surface area contributed by atoms with Crippen LogP contribution in [-0.2, 0) is 14.8 Å². The van der Waals surface area contributed by atoms with Crippen molar-refractivity contribution in [1.82, 2.24) is 24.7 Å². The van der Waals surface area contributed by atoms with Gasteiger partial charge in [0.05, 0.1) is 23.4 Å². The van der Waals surface area contributed by atoms with Crippen LogP contribution in [0.3, 0.4) is 0 Å². The molecule has 0 bridgehead atoms. The summed E-state index contributed by atoms with van der Waals surface area (Å²) in [5.41, 5.74) is 1.36. The Bertz CT molecular complexity index is 1370. The minimum absolute atomic E-state index is 0.173. The molecule has 1 fully saturated rings. The van der Waals surface area contributed by atoms with Gasteiger partial charge in [0, 0.05) is 24.2 Å². The van der Waals surface area contributed by atoms with E-state index in [0.29, 0.717) is 48.9 Å². The number of rotatable bonds is 7. The first-order chi connectivity index (χ1) is 16.5. The first-order valence-corrected chi connectivity index (χ1v) is 12.9. The van der Waals surface area contributed by atoms with Crippen molar-refractivity contribution < 1.29 is 22.0 Å². The lowest BCUT2D eigenvalue weighted by atomic mass is 10.2. The minimum atomic E-state index is -3.63. The van der Waals surface area contributed by atoms with Gasteiger partial charge >= 0.3 is 0 Å². The number of aromatic nitrogens is 4. The topological polar surface area (TPSA) is 124 Å². The lowest BCUT2D eigenvalue weighted by Gasteiger charge is -2.26. The van der Waals surface area contributed by atoms with Gasteiger partial charge in [-0.25, -0.2) is 8.42 Å². The van der Waals surface area contributed by atoms with E-state index < -0.39 is 10.0 Å². The molecule has 1 aliphatic rings. The zero-order valence-electron chi connectivity index (χ0n) is 18.2. The van der Waals surface area contributed by atoms with Gasteiger partial charge in [-0.1, -0.05) is 36.0 Å². The van der Waals surface area contributed by atoms with Gasteiger partial charge in [-0.05, 0) is 37.3 Å². The first kappa shape index (κ1) is 22.7. The average Bonchev–Trinajstić information content (AvgIpc) is 3.56. The van der Waals surface area contributed by atoms with Crippen molar-refractivity contribution in [1.29, 1.82) is 0 Å². The van der Waals surface area contributed by atoms with Crippen LogP contribution >= 0.6 is 11.8 Å². The Balaban J connectivity index is 1.31. The number of benzene rings is 2. The number of sulfonamides is 1. The van der Waals surface area contributed by atoms with Crippen LogP contribution in [-0.4, -0.2) is 59.4 Å². The maximum Gasteiger partial charge on any atom is 0.277 e. The number of ether oxygens (including phenoxy) is 1. The van der Waals surface area contributed by atoms with Crippen LogP contribution in [0.15, 0.2) is 73.5 Å². The molecule has 0 spiro atoms. The molecule has 10 nitrogen and oxygen atoms in total. The molecule has 0 amide bonds. The van der Waals surface area contributed by atoms with E-state index in [1.165, 1.54) is 16.1 Å². The monoisotopic (exact) mass is 499 g/mol. The average molecular weight is 500 g/mol. The highest BCUT2D eigenvalue weighted by Gasteiger charge is 2.27. The Hall–Kier alpha value is -3.06. The van der Waals surface area contributed by atoms with Crippen molar-refractivity contribution in [2.24, 2.45) is 0 Å². The van der Waals surface area contributed by atoms with Gasteiger partial charge in [0.15, 0.2) is 0 Å². The Morgan fingerprint density at radius 1 is 0.882 bits per heavy atom. The van der Waals surface area contributed by atoms with Gasteiger partial charge in [0.2, 0.25) is 27.7 Å². The molecule has 1 atom stereocenters. The highest BCUT2D eigenvalue weighted by molar-refractivity contribution is 7.99. The third-order valence-corrected chi connectivity index (χ3v) is 8.00. The van der Waals surface area contributed by atoms with Crippen LogP contribution in [0.1, 0.15) is 18.1 Å². The van der Waals surface area contributed by atoms with Gasteiger partial charge in [-0.2, -0.15) is 4.31 Å². The molecule has 1 aliphatic heterocycles. The van der Waals surface area contributed by atoms with E-state index in [1.807, 2.05) is 37.3 Å². The molecule has 0 saturated carbocycles. The van der Waals surface area contributed by atoms with E-state index >= 15 is 0 Å². The number of morpholine rings is 1. The summed E-state index contributed by atoms with van der Waals surface area (Å²) in [6.45, 7) is 3.32. The van der Waals surface area contributed by atoms with Gasteiger partial charge < -0.3 is 13.6 Å². The van der Waals surface area contributed by atoms with Gasteiger partial charge in [0.1, 0.15) is 0 Å². The predicted octanol–water partition coefficient (Wildman–Crippen LogP) is 3.66. The molecular formula is C22H21N5O5S2. The smallest absolute Gasteiger partial charge is 0.277 e. The third-order valence-electron chi connectivity index (χ3n) is 5.18. The second kappa shape index (κ2) is 9.66. The molecular weight excluding hydrogens is 478 g/mol. The molecule has 2 aromatic carbocycles. The lowest BCUT2D eigenvalue weighted by molar-refractivity contribution is 0.0730. The highest BCUT2D eigenvalue weighted by atomic mass is 32.2. The van der Waals surface area contributed by atoms with Crippen molar-refractivity contribution >= 4 is 21.8 Å². The molecule has 2 aromatic heterocycles. The number of thioether (sulfide) groups is 1. The molecule has 5 rings (SSSR count). The zero-order chi connectivity index (χ0) is 23.5. The lowest BCUT2D eigenvalue weighted by Crippen LogP contribution is -2.40. The maximum absolute atomic E-state index is 13.0. The minimum Gasteiger partial charge on any atom is -0.419 e. The summed E-state index contributed by atoms with van der Waals surface area (Å²) in [6.07, 6.45) is 0.